The molecule has 0 bridgehead atoms. The molecule has 26 heavy (non-hydrogen) atoms. The zero-order valence-electron chi connectivity index (χ0n) is 15.3. The van der Waals surface area contributed by atoms with E-state index in [-0.39, 0.29) is 0 Å². The number of nitrogens with zero attached hydrogens (tertiary/aromatic N) is 1. The van der Waals surface area contributed by atoms with E-state index < -0.39 is 7.75 Å². The Morgan fingerprint density at radius 3 is 2.46 bits per heavy atom. The lowest BCUT2D eigenvalue weighted by molar-refractivity contribution is 0.222. The van der Waals surface area contributed by atoms with Crippen molar-refractivity contribution in [2.24, 2.45) is 0 Å². The molecule has 2 aromatic rings. The Kier molecular flexibility index (Phi) is 5.94. The standard InChI is InChI=1S/C20H24NO4P/c1-21(26(22,23-2)24-3)14-8-12-18-17-10-5-4-9-16(17)15-25-20-13-7-6-11-19(18)20/h4-7,9-13H,8,14-15H2,1-3H3. The first kappa shape index (κ1) is 18.9. The average Bonchev–Trinajstić information content (AvgIpc) is 2.84. The minimum atomic E-state index is -3.20. The summed E-state index contributed by atoms with van der Waals surface area (Å²) in [7, 11) is 1.33. The van der Waals surface area contributed by atoms with Gasteiger partial charge in [-0.3, -0.25) is 9.05 Å². The summed E-state index contributed by atoms with van der Waals surface area (Å²) in [6, 6.07) is 16.3. The summed E-state index contributed by atoms with van der Waals surface area (Å²) in [5.41, 5.74) is 4.53. The topological polar surface area (TPSA) is 48.0 Å². The molecule has 1 aliphatic rings. The van der Waals surface area contributed by atoms with Gasteiger partial charge in [0.15, 0.2) is 0 Å². The van der Waals surface area contributed by atoms with Gasteiger partial charge in [-0.2, -0.15) is 0 Å². The average molecular weight is 373 g/mol. The van der Waals surface area contributed by atoms with Gasteiger partial charge in [-0.05, 0) is 36.2 Å². The largest absolute Gasteiger partial charge is 0.488 e. The van der Waals surface area contributed by atoms with E-state index in [1.807, 2.05) is 30.3 Å². The molecular weight excluding hydrogens is 349 g/mol. The molecule has 0 atom stereocenters. The van der Waals surface area contributed by atoms with E-state index >= 15 is 0 Å². The maximum absolute atomic E-state index is 12.4. The molecule has 0 saturated heterocycles. The van der Waals surface area contributed by atoms with Crippen LogP contribution in [0.3, 0.4) is 0 Å². The third kappa shape index (κ3) is 3.76. The Balaban J connectivity index is 1.91. The van der Waals surface area contributed by atoms with Crippen molar-refractivity contribution in [1.82, 2.24) is 4.67 Å². The summed E-state index contributed by atoms with van der Waals surface area (Å²) in [5.74, 6) is 0.878. The SMILES string of the molecule is COP(=O)(OC)N(C)CCC=C1c2ccccc2COc2ccccc21. The van der Waals surface area contributed by atoms with Crippen LogP contribution in [-0.2, 0) is 20.2 Å². The van der Waals surface area contributed by atoms with Crippen LogP contribution in [0.15, 0.2) is 54.6 Å². The van der Waals surface area contributed by atoms with Gasteiger partial charge in [0.1, 0.15) is 12.4 Å². The molecule has 0 aliphatic carbocycles. The monoisotopic (exact) mass is 373 g/mol. The second kappa shape index (κ2) is 8.19. The molecule has 3 rings (SSSR count). The van der Waals surface area contributed by atoms with Crippen LogP contribution in [0.5, 0.6) is 5.75 Å². The van der Waals surface area contributed by atoms with Gasteiger partial charge < -0.3 is 4.74 Å². The second-order valence-electron chi connectivity index (χ2n) is 6.06. The molecule has 0 saturated carbocycles. The Bertz CT molecular complexity index is 792. The molecule has 6 heteroatoms. The first-order valence-electron chi connectivity index (χ1n) is 8.53. The normalized spacial score (nSPS) is 15.3. The number of rotatable bonds is 6. The third-order valence-electron chi connectivity index (χ3n) is 4.55. The Morgan fingerprint density at radius 1 is 1.08 bits per heavy atom. The fraction of sp³-hybridized carbons (Fsp3) is 0.300. The van der Waals surface area contributed by atoms with Gasteiger partial charge in [0.25, 0.3) is 0 Å². The Hall–Kier alpha value is -1.91. The van der Waals surface area contributed by atoms with E-state index in [1.165, 1.54) is 19.8 Å². The Labute approximate surface area is 154 Å². The molecule has 1 aliphatic heterocycles. The first-order valence-corrected chi connectivity index (χ1v) is 10.0. The zero-order chi connectivity index (χ0) is 18.6. The summed E-state index contributed by atoms with van der Waals surface area (Å²) < 4.78 is 30.1. The second-order valence-corrected chi connectivity index (χ2v) is 8.41. The summed E-state index contributed by atoms with van der Waals surface area (Å²) in [5, 5.41) is 0. The number of hydrogen-bond acceptors (Lipinski definition) is 4. The van der Waals surface area contributed by atoms with Gasteiger partial charge in [-0.15, -0.1) is 0 Å². The summed E-state index contributed by atoms with van der Waals surface area (Å²) in [6.45, 7) is 1.10. The molecule has 1 heterocycles. The van der Waals surface area contributed by atoms with Crippen LogP contribution in [0.4, 0.5) is 0 Å². The van der Waals surface area contributed by atoms with Crippen molar-refractivity contribution < 1.29 is 18.3 Å². The number of fused-ring (bicyclic) bond motifs is 2. The first-order chi connectivity index (χ1) is 12.6. The predicted octanol–water partition coefficient (Wildman–Crippen LogP) is 4.73. The highest BCUT2D eigenvalue weighted by Crippen LogP contribution is 2.49. The van der Waals surface area contributed by atoms with E-state index in [4.69, 9.17) is 13.8 Å². The molecule has 5 nitrogen and oxygen atoms in total. The molecule has 0 fully saturated rings. The molecule has 138 valence electrons. The molecule has 0 amide bonds. The van der Waals surface area contributed by atoms with Crippen LogP contribution in [0.2, 0.25) is 0 Å². The van der Waals surface area contributed by atoms with Crippen LogP contribution < -0.4 is 4.74 Å². The van der Waals surface area contributed by atoms with Crippen molar-refractivity contribution in [2.75, 3.05) is 27.8 Å². The smallest absolute Gasteiger partial charge is 0.407 e. The van der Waals surface area contributed by atoms with E-state index in [2.05, 4.69) is 24.3 Å². The molecule has 0 spiro atoms. The highest BCUT2D eigenvalue weighted by atomic mass is 31.2. The van der Waals surface area contributed by atoms with Crippen LogP contribution in [0.1, 0.15) is 23.1 Å². The van der Waals surface area contributed by atoms with Gasteiger partial charge in [-0.1, -0.05) is 48.5 Å². The summed E-state index contributed by atoms with van der Waals surface area (Å²) >= 11 is 0. The van der Waals surface area contributed by atoms with E-state index in [9.17, 15) is 4.57 Å². The lowest BCUT2D eigenvalue weighted by atomic mass is 9.93. The van der Waals surface area contributed by atoms with Crippen LogP contribution in [0.25, 0.3) is 5.57 Å². The van der Waals surface area contributed by atoms with E-state index in [0.717, 1.165) is 22.4 Å². The fourth-order valence-corrected chi connectivity index (χ4v) is 4.18. The number of para-hydroxylation sites is 1. The highest BCUT2D eigenvalue weighted by molar-refractivity contribution is 7.51. The summed E-state index contributed by atoms with van der Waals surface area (Å²) in [4.78, 5) is 0. The number of hydrogen-bond donors (Lipinski definition) is 0. The van der Waals surface area contributed by atoms with Crippen molar-refractivity contribution >= 4 is 13.3 Å². The van der Waals surface area contributed by atoms with Crippen LogP contribution in [-0.4, -0.2) is 32.5 Å². The van der Waals surface area contributed by atoms with Gasteiger partial charge in [0, 0.05) is 26.3 Å². The minimum Gasteiger partial charge on any atom is -0.488 e. The molecule has 0 N–H and O–H groups in total. The van der Waals surface area contributed by atoms with Crippen molar-refractivity contribution in [1.29, 1.82) is 0 Å². The molecule has 0 radical (unpaired) electrons. The molecule has 0 aromatic heterocycles. The van der Waals surface area contributed by atoms with Crippen molar-refractivity contribution in [3.63, 3.8) is 0 Å². The highest BCUT2D eigenvalue weighted by Gasteiger charge is 2.27. The Morgan fingerprint density at radius 2 is 1.73 bits per heavy atom. The van der Waals surface area contributed by atoms with Gasteiger partial charge in [0.05, 0.1) is 0 Å². The lowest BCUT2D eigenvalue weighted by Crippen LogP contribution is -2.18. The maximum atomic E-state index is 12.4. The van der Waals surface area contributed by atoms with Crippen molar-refractivity contribution in [3.05, 3.63) is 71.3 Å². The third-order valence-corrected chi connectivity index (χ3v) is 6.51. The van der Waals surface area contributed by atoms with E-state index in [1.54, 1.807) is 11.7 Å². The fourth-order valence-electron chi connectivity index (χ4n) is 3.12. The molecule has 2 aromatic carbocycles. The van der Waals surface area contributed by atoms with Crippen molar-refractivity contribution in [3.8, 4) is 5.75 Å². The molecule has 0 unspecified atom stereocenters. The summed E-state index contributed by atoms with van der Waals surface area (Å²) in [6.07, 6.45) is 2.86. The predicted molar refractivity (Wildman–Crippen MR) is 103 cm³/mol. The number of benzene rings is 2. The van der Waals surface area contributed by atoms with Gasteiger partial charge in [0.2, 0.25) is 0 Å². The van der Waals surface area contributed by atoms with Crippen LogP contribution >= 0.6 is 7.75 Å². The molecular formula is C20H24NO4P. The van der Waals surface area contributed by atoms with Gasteiger partial charge in [-0.25, -0.2) is 9.24 Å². The van der Waals surface area contributed by atoms with Crippen LogP contribution in [0, 0.1) is 0 Å². The quantitative estimate of drug-likeness (QED) is 0.685. The maximum Gasteiger partial charge on any atom is 0.407 e. The van der Waals surface area contributed by atoms with Crippen molar-refractivity contribution in [2.45, 2.75) is 13.0 Å². The van der Waals surface area contributed by atoms with E-state index in [0.29, 0.717) is 19.6 Å². The lowest BCUT2D eigenvalue weighted by Gasteiger charge is -2.23. The zero-order valence-corrected chi connectivity index (χ0v) is 16.2. The minimum absolute atomic E-state index is 0.549. The number of ether oxygens (including phenoxy) is 1. The van der Waals surface area contributed by atoms with Gasteiger partial charge >= 0.3 is 7.75 Å².